The Balaban J connectivity index is 1.71. The van der Waals surface area contributed by atoms with Crippen LogP contribution in [-0.2, 0) is 14.3 Å². The summed E-state index contributed by atoms with van der Waals surface area (Å²) >= 11 is 0. The largest absolute Gasteiger partial charge is 0.494 e. The molecule has 2 aromatic carbocycles. The van der Waals surface area contributed by atoms with Crippen molar-refractivity contribution in [3.05, 3.63) is 59.2 Å². The molecule has 5 heteroatoms. The summed E-state index contributed by atoms with van der Waals surface area (Å²) in [6, 6.07) is 13.7. The van der Waals surface area contributed by atoms with Gasteiger partial charge in [-0.3, -0.25) is 9.59 Å². The summed E-state index contributed by atoms with van der Waals surface area (Å²) in [4.78, 5) is 24.0. The number of hydrogen-bond donors (Lipinski definition) is 1. The quantitative estimate of drug-likeness (QED) is 0.500. The highest BCUT2D eigenvalue weighted by Gasteiger charge is 2.13. The number of para-hydroxylation sites is 1. The predicted molar refractivity (Wildman–Crippen MR) is 111 cm³/mol. The Labute approximate surface area is 167 Å². The molecule has 2 aromatic rings. The van der Waals surface area contributed by atoms with Crippen molar-refractivity contribution in [3.8, 4) is 5.75 Å². The number of hydrogen-bond acceptors (Lipinski definition) is 4. The molecule has 0 saturated heterocycles. The molecule has 5 nitrogen and oxygen atoms in total. The summed E-state index contributed by atoms with van der Waals surface area (Å²) < 4.78 is 10.7. The number of rotatable bonds is 9. The van der Waals surface area contributed by atoms with Crippen LogP contribution in [0.1, 0.15) is 49.3 Å². The Hall–Kier alpha value is -2.82. The van der Waals surface area contributed by atoms with E-state index in [0.717, 1.165) is 22.6 Å². The number of amides is 1. The van der Waals surface area contributed by atoms with E-state index in [1.807, 2.05) is 56.3 Å². The summed E-state index contributed by atoms with van der Waals surface area (Å²) in [7, 11) is 0. The van der Waals surface area contributed by atoms with Gasteiger partial charge in [-0.25, -0.2) is 0 Å². The second-order valence-electron chi connectivity index (χ2n) is 7.17. The molecule has 0 radical (unpaired) electrons. The van der Waals surface area contributed by atoms with Gasteiger partial charge < -0.3 is 14.8 Å². The maximum atomic E-state index is 12.2. The van der Waals surface area contributed by atoms with Gasteiger partial charge in [0.1, 0.15) is 5.75 Å². The minimum atomic E-state index is -0.406. The Morgan fingerprint density at radius 1 is 1.04 bits per heavy atom. The third kappa shape index (κ3) is 6.72. The number of nitrogens with one attached hydrogen (secondary N) is 1. The van der Waals surface area contributed by atoms with Gasteiger partial charge >= 0.3 is 5.97 Å². The van der Waals surface area contributed by atoms with Crippen LogP contribution in [0, 0.1) is 13.8 Å². The average Bonchev–Trinajstić information content (AvgIpc) is 2.66. The van der Waals surface area contributed by atoms with Gasteiger partial charge in [0.05, 0.1) is 6.61 Å². The standard InChI is InChI=1S/C23H29NO4/c1-16(2)20-8-5-7-18(4)23(20)24-21(25)15-28-22(26)9-6-14-27-19-12-10-17(3)11-13-19/h5,7-8,10-13,16H,6,9,14-15H2,1-4H3,(H,24,25). The van der Waals surface area contributed by atoms with E-state index in [2.05, 4.69) is 19.2 Å². The molecule has 1 amide bonds. The molecular weight excluding hydrogens is 354 g/mol. The SMILES string of the molecule is Cc1ccc(OCCCC(=O)OCC(=O)Nc2c(C)cccc2C(C)C)cc1. The molecular formula is C23H29NO4. The fourth-order valence-corrected chi connectivity index (χ4v) is 2.78. The zero-order valence-corrected chi connectivity index (χ0v) is 17.1. The summed E-state index contributed by atoms with van der Waals surface area (Å²) in [5.74, 6) is 0.320. The fraction of sp³-hybridized carbons (Fsp3) is 0.391. The third-order valence-electron chi connectivity index (χ3n) is 4.37. The fourth-order valence-electron chi connectivity index (χ4n) is 2.78. The first-order valence-corrected chi connectivity index (χ1v) is 9.61. The van der Waals surface area contributed by atoms with Crippen molar-refractivity contribution in [1.29, 1.82) is 0 Å². The summed E-state index contributed by atoms with van der Waals surface area (Å²) in [6.07, 6.45) is 0.740. The molecule has 0 aliphatic heterocycles. The van der Waals surface area contributed by atoms with Crippen LogP contribution in [0.25, 0.3) is 0 Å². The zero-order valence-electron chi connectivity index (χ0n) is 17.1. The van der Waals surface area contributed by atoms with Crippen molar-refractivity contribution < 1.29 is 19.1 Å². The van der Waals surface area contributed by atoms with E-state index in [1.165, 1.54) is 5.56 Å². The first-order chi connectivity index (χ1) is 13.4. The zero-order chi connectivity index (χ0) is 20.5. The summed E-state index contributed by atoms with van der Waals surface area (Å²) in [6.45, 7) is 8.24. The van der Waals surface area contributed by atoms with E-state index in [-0.39, 0.29) is 24.9 Å². The van der Waals surface area contributed by atoms with Gasteiger partial charge in [-0.05, 0) is 49.4 Å². The molecule has 0 bridgehead atoms. The van der Waals surface area contributed by atoms with Gasteiger partial charge in [0.2, 0.25) is 0 Å². The topological polar surface area (TPSA) is 64.6 Å². The highest BCUT2D eigenvalue weighted by atomic mass is 16.5. The van der Waals surface area contributed by atoms with E-state index >= 15 is 0 Å². The number of benzene rings is 2. The molecule has 1 N–H and O–H groups in total. The van der Waals surface area contributed by atoms with Crippen LogP contribution in [0.4, 0.5) is 5.69 Å². The second kappa shape index (κ2) is 10.5. The van der Waals surface area contributed by atoms with Gasteiger partial charge in [-0.2, -0.15) is 0 Å². The highest BCUT2D eigenvalue weighted by molar-refractivity contribution is 5.94. The molecule has 0 saturated carbocycles. The lowest BCUT2D eigenvalue weighted by molar-refractivity contribution is -0.147. The van der Waals surface area contributed by atoms with Crippen LogP contribution >= 0.6 is 0 Å². The molecule has 0 fully saturated rings. The van der Waals surface area contributed by atoms with Crippen LogP contribution < -0.4 is 10.1 Å². The Bertz CT molecular complexity index is 797. The molecule has 0 heterocycles. The molecule has 28 heavy (non-hydrogen) atoms. The Morgan fingerprint density at radius 3 is 2.43 bits per heavy atom. The molecule has 0 aliphatic carbocycles. The maximum Gasteiger partial charge on any atom is 0.306 e. The predicted octanol–water partition coefficient (Wildman–Crippen LogP) is 4.77. The van der Waals surface area contributed by atoms with E-state index < -0.39 is 5.97 Å². The minimum absolute atomic E-state index is 0.209. The lowest BCUT2D eigenvalue weighted by Crippen LogP contribution is -2.22. The maximum absolute atomic E-state index is 12.2. The normalized spacial score (nSPS) is 10.6. The van der Waals surface area contributed by atoms with Crippen molar-refractivity contribution in [2.45, 2.75) is 46.5 Å². The Morgan fingerprint density at radius 2 is 1.75 bits per heavy atom. The van der Waals surface area contributed by atoms with Crippen molar-refractivity contribution in [2.24, 2.45) is 0 Å². The van der Waals surface area contributed by atoms with E-state index in [9.17, 15) is 9.59 Å². The smallest absolute Gasteiger partial charge is 0.306 e. The van der Waals surface area contributed by atoms with Crippen molar-refractivity contribution >= 4 is 17.6 Å². The van der Waals surface area contributed by atoms with Crippen LogP contribution in [0.5, 0.6) is 5.75 Å². The lowest BCUT2D eigenvalue weighted by Gasteiger charge is -2.16. The molecule has 150 valence electrons. The average molecular weight is 383 g/mol. The first-order valence-electron chi connectivity index (χ1n) is 9.61. The van der Waals surface area contributed by atoms with Crippen molar-refractivity contribution in [3.63, 3.8) is 0 Å². The van der Waals surface area contributed by atoms with Gasteiger partial charge in [-0.15, -0.1) is 0 Å². The third-order valence-corrected chi connectivity index (χ3v) is 4.37. The van der Waals surface area contributed by atoms with Crippen LogP contribution in [-0.4, -0.2) is 25.1 Å². The van der Waals surface area contributed by atoms with Crippen LogP contribution in [0.15, 0.2) is 42.5 Å². The van der Waals surface area contributed by atoms with Crippen LogP contribution in [0.3, 0.4) is 0 Å². The molecule has 0 unspecified atom stereocenters. The first kappa shape index (κ1) is 21.5. The minimum Gasteiger partial charge on any atom is -0.494 e. The molecule has 0 aromatic heterocycles. The van der Waals surface area contributed by atoms with Gasteiger partial charge in [0, 0.05) is 12.1 Å². The number of carbonyl (C=O) groups is 2. The van der Waals surface area contributed by atoms with Gasteiger partial charge in [0.25, 0.3) is 5.91 Å². The molecule has 0 aliphatic rings. The van der Waals surface area contributed by atoms with Crippen molar-refractivity contribution in [1.82, 2.24) is 0 Å². The van der Waals surface area contributed by atoms with Crippen LogP contribution in [0.2, 0.25) is 0 Å². The summed E-state index contributed by atoms with van der Waals surface area (Å²) in [5, 5.41) is 2.87. The highest BCUT2D eigenvalue weighted by Crippen LogP contribution is 2.27. The van der Waals surface area contributed by atoms with Gasteiger partial charge in [0.15, 0.2) is 6.61 Å². The Kier molecular flexibility index (Phi) is 8.05. The number of aryl methyl sites for hydroxylation is 2. The number of carbonyl (C=O) groups excluding carboxylic acids is 2. The molecule has 0 atom stereocenters. The number of anilines is 1. The van der Waals surface area contributed by atoms with E-state index in [0.29, 0.717) is 13.0 Å². The lowest BCUT2D eigenvalue weighted by atomic mass is 9.98. The summed E-state index contributed by atoms with van der Waals surface area (Å²) in [5.41, 5.74) is 4.01. The second-order valence-corrected chi connectivity index (χ2v) is 7.17. The molecule has 0 spiro atoms. The number of ether oxygens (including phenoxy) is 2. The van der Waals surface area contributed by atoms with Crippen molar-refractivity contribution in [2.75, 3.05) is 18.5 Å². The van der Waals surface area contributed by atoms with Gasteiger partial charge in [-0.1, -0.05) is 49.7 Å². The van der Waals surface area contributed by atoms with E-state index in [1.54, 1.807) is 0 Å². The van der Waals surface area contributed by atoms with E-state index in [4.69, 9.17) is 9.47 Å². The number of esters is 1. The molecule has 2 rings (SSSR count). The monoisotopic (exact) mass is 383 g/mol.